The van der Waals surface area contributed by atoms with Crippen LogP contribution >= 0.6 is 0 Å². The molecule has 0 saturated carbocycles. The summed E-state index contributed by atoms with van der Waals surface area (Å²) in [5, 5.41) is 9.11. The van der Waals surface area contributed by atoms with Gasteiger partial charge >= 0.3 is 0 Å². The van der Waals surface area contributed by atoms with E-state index in [0.717, 1.165) is 5.56 Å². The average Bonchev–Trinajstić information content (AvgIpc) is 2.12. The Kier molecular flexibility index (Phi) is 2.36. The highest BCUT2D eigenvalue weighted by molar-refractivity contribution is 5.96. The standard InChI is InChI=1S/C11H14N2O2/c1-7-4-8(12)2-3-10(7)11(15)13-5-9(14)6-13/h2-4,9,14H,5-6,12H2,1H3. The second-order valence-corrected chi connectivity index (χ2v) is 3.94. The molecule has 3 N–H and O–H groups in total. The van der Waals surface area contributed by atoms with Gasteiger partial charge in [-0.25, -0.2) is 0 Å². The monoisotopic (exact) mass is 206 g/mol. The smallest absolute Gasteiger partial charge is 0.254 e. The first kappa shape index (κ1) is 9.98. The van der Waals surface area contributed by atoms with Gasteiger partial charge in [-0.1, -0.05) is 0 Å². The molecule has 4 nitrogen and oxygen atoms in total. The first-order valence-electron chi connectivity index (χ1n) is 4.91. The van der Waals surface area contributed by atoms with Crippen molar-refractivity contribution in [1.29, 1.82) is 0 Å². The van der Waals surface area contributed by atoms with Gasteiger partial charge in [0.15, 0.2) is 0 Å². The maximum absolute atomic E-state index is 11.9. The number of nitrogens with zero attached hydrogens (tertiary/aromatic N) is 1. The molecule has 1 aromatic carbocycles. The SMILES string of the molecule is Cc1cc(N)ccc1C(=O)N1CC(O)C1. The molecule has 2 rings (SSSR count). The summed E-state index contributed by atoms with van der Waals surface area (Å²) in [5.41, 5.74) is 7.81. The molecule has 0 radical (unpaired) electrons. The molecular weight excluding hydrogens is 192 g/mol. The first-order chi connectivity index (χ1) is 7.08. The minimum absolute atomic E-state index is 0.0298. The third-order valence-electron chi connectivity index (χ3n) is 2.63. The van der Waals surface area contributed by atoms with Gasteiger partial charge in [0.05, 0.1) is 6.10 Å². The van der Waals surface area contributed by atoms with E-state index in [9.17, 15) is 4.79 Å². The number of aliphatic hydroxyl groups excluding tert-OH is 1. The van der Waals surface area contributed by atoms with Crippen molar-refractivity contribution >= 4 is 11.6 Å². The third kappa shape index (κ3) is 1.80. The van der Waals surface area contributed by atoms with E-state index in [4.69, 9.17) is 10.8 Å². The molecule has 0 unspecified atom stereocenters. The van der Waals surface area contributed by atoms with Gasteiger partial charge in [0.25, 0.3) is 5.91 Å². The summed E-state index contributed by atoms with van der Waals surface area (Å²) in [5.74, 6) is -0.0298. The number of anilines is 1. The van der Waals surface area contributed by atoms with Gasteiger partial charge in [0.2, 0.25) is 0 Å². The highest BCUT2D eigenvalue weighted by Crippen LogP contribution is 2.18. The van der Waals surface area contributed by atoms with Gasteiger partial charge in [-0.05, 0) is 30.7 Å². The summed E-state index contributed by atoms with van der Waals surface area (Å²) in [6, 6.07) is 5.23. The van der Waals surface area contributed by atoms with Gasteiger partial charge < -0.3 is 15.7 Å². The zero-order chi connectivity index (χ0) is 11.0. The van der Waals surface area contributed by atoms with Gasteiger partial charge in [-0.2, -0.15) is 0 Å². The number of aryl methyl sites for hydroxylation is 1. The predicted molar refractivity (Wildman–Crippen MR) is 57.5 cm³/mol. The summed E-state index contributed by atoms with van der Waals surface area (Å²) < 4.78 is 0. The lowest BCUT2D eigenvalue weighted by atomic mass is 10.0. The fourth-order valence-corrected chi connectivity index (χ4v) is 1.72. The number of carbonyl (C=O) groups is 1. The van der Waals surface area contributed by atoms with Crippen molar-refractivity contribution in [3.8, 4) is 0 Å². The van der Waals surface area contributed by atoms with Gasteiger partial charge in [0, 0.05) is 24.3 Å². The molecule has 0 spiro atoms. The molecular formula is C11H14N2O2. The number of β-amino-alcohol motifs (C(OH)–C–C–N with tert-alkyl or cyclic N) is 1. The molecule has 1 heterocycles. The Hall–Kier alpha value is -1.55. The maximum atomic E-state index is 11.9. The Labute approximate surface area is 88.3 Å². The van der Waals surface area contributed by atoms with Crippen LogP contribution < -0.4 is 5.73 Å². The minimum Gasteiger partial charge on any atom is -0.399 e. The molecule has 1 aliphatic rings. The zero-order valence-corrected chi connectivity index (χ0v) is 8.60. The maximum Gasteiger partial charge on any atom is 0.254 e. The number of hydrogen-bond acceptors (Lipinski definition) is 3. The molecule has 1 aromatic rings. The Bertz CT molecular complexity index is 398. The van der Waals surface area contributed by atoms with E-state index < -0.39 is 0 Å². The van der Waals surface area contributed by atoms with Crippen molar-refractivity contribution in [2.45, 2.75) is 13.0 Å². The van der Waals surface area contributed by atoms with Crippen LogP contribution in [0.5, 0.6) is 0 Å². The van der Waals surface area contributed by atoms with E-state index in [1.54, 1.807) is 23.1 Å². The molecule has 1 fully saturated rings. The van der Waals surface area contributed by atoms with Crippen molar-refractivity contribution in [2.24, 2.45) is 0 Å². The Morgan fingerprint density at radius 3 is 2.73 bits per heavy atom. The Balaban J connectivity index is 2.19. The molecule has 15 heavy (non-hydrogen) atoms. The highest BCUT2D eigenvalue weighted by Gasteiger charge is 2.29. The second-order valence-electron chi connectivity index (χ2n) is 3.94. The number of benzene rings is 1. The molecule has 1 saturated heterocycles. The number of hydrogen-bond donors (Lipinski definition) is 2. The van der Waals surface area contributed by atoms with Crippen LogP contribution in [-0.2, 0) is 0 Å². The van der Waals surface area contributed by atoms with Crippen LogP contribution in [0.1, 0.15) is 15.9 Å². The van der Waals surface area contributed by atoms with E-state index in [2.05, 4.69) is 0 Å². The lowest BCUT2D eigenvalue weighted by molar-refractivity contribution is 0.00584. The predicted octanol–water partition coefficient (Wildman–Crippen LogP) is 0.394. The Morgan fingerprint density at radius 1 is 1.53 bits per heavy atom. The van der Waals surface area contributed by atoms with Gasteiger partial charge in [-0.15, -0.1) is 0 Å². The minimum atomic E-state index is -0.358. The van der Waals surface area contributed by atoms with Crippen LogP contribution in [-0.4, -0.2) is 35.1 Å². The van der Waals surface area contributed by atoms with Crippen LogP contribution in [0.2, 0.25) is 0 Å². The second kappa shape index (κ2) is 3.55. The van der Waals surface area contributed by atoms with Gasteiger partial charge in [-0.3, -0.25) is 4.79 Å². The van der Waals surface area contributed by atoms with Crippen LogP contribution in [0.3, 0.4) is 0 Å². The molecule has 4 heteroatoms. The number of nitrogen functional groups attached to an aromatic ring is 1. The quantitative estimate of drug-likeness (QED) is 0.653. The van der Waals surface area contributed by atoms with Crippen LogP contribution in [0, 0.1) is 6.92 Å². The average molecular weight is 206 g/mol. The summed E-state index contributed by atoms with van der Waals surface area (Å²) in [4.78, 5) is 13.5. The normalized spacial score (nSPS) is 16.3. The van der Waals surface area contributed by atoms with E-state index >= 15 is 0 Å². The lowest BCUT2D eigenvalue weighted by Crippen LogP contribution is -2.53. The lowest BCUT2D eigenvalue weighted by Gasteiger charge is -2.36. The van der Waals surface area contributed by atoms with Crippen molar-refractivity contribution in [1.82, 2.24) is 4.90 Å². The number of amides is 1. The first-order valence-corrected chi connectivity index (χ1v) is 4.91. The molecule has 0 aliphatic carbocycles. The van der Waals surface area contributed by atoms with Crippen LogP contribution in [0.4, 0.5) is 5.69 Å². The topological polar surface area (TPSA) is 66.6 Å². The largest absolute Gasteiger partial charge is 0.399 e. The van der Waals surface area contributed by atoms with Crippen LogP contribution in [0.15, 0.2) is 18.2 Å². The number of nitrogens with two attached hydrogens (primary N) is 1. The van der Waals surface area contributed by atoms with Gasteiger partial charge in [0.1, 0.15) is 0 Å². The molecule has 1 aliphatic heterocycles. The fourth-order valence-electron chi connectivity index (χ4n) is 1.72. The van der Waals surface area contributed by atoms with E-state index in [0.29, 0.717) is 24.3 Å². The molecule has 0 bridgehead atoms. The molecule has 0 aromatic heterocycles. The summed E-state index contributed by atoms with van der Waals surface area (Å²) in [6.07, 6.45) is -0.358. The Morgan fingerprint density at radius 2 is 2.20 bits per heavy atom. The zero-order valence-electron chi connectivity index (χ0n) is 8.60. The molecule has 80 valence electrons. The number of rotatable bonds is 1. The fraction of sp³-hybridized carbons (Fsp3) is 0.364. The molecule has 1 amide bonds. The number of aliphatic hydroxyl groups is 1. The summed E-state index contributed by atoms with van der Waals surface area (Å²) in [6.45, 7) is 2.73. The summed E-state index contributed by atoms with van der Waals surface area (Å²) >= 11 is 0. The third-order valence-corrected chi connectivity index (χ3v) is 2.63. The summed E-state index contributed by atoms with van der Waals surface area (Å²) in [7, 11) is 0. The van der Waals surface area contributed by atoms with Crippen molar-refractivity contribution in [3.05, 3.63) is 29.3 Å². The van der Waals surface area contributed by atoms with E-state index in [1.807, 2.05) is 6.92 Å². The van der Waals surface area contributed by atoms with Crippen LogP contribution in [0.25, 0.3) is 0 Å². The highest BCUT2D eigenvalue weighted by atomic mass is 16.3. The number of likely N-dealkylation sites (tertiary alicyclic amines) is 1. The van der Waals surface area contributed by atoms with Crippen molar-refractivity contribution in [2.75, 3.05) is 18.8 Å². The van der Waals surface area contributed by atoms with E-state index in [1.165, 1.54) is 0 Å². The number of carbonyl (C=O) groups excluding carboxylic acids is 1. The van der Waals surface area contributed by atoms with E-state index in [-0.39, 0.29) is 12.0 Å². The van der Waals surface area contributed by atoms with Crippen molar-refractivity contribution in [3.63, 3.8) is 0 Å². The molecule has 0 atom stereocenters. The van der Waals surface area contributed by atoms with Crippen molar-refractivity contribution < 1.29 is 9.90 Å².